The molecule has 1 amide bonds. The molecule has 5 rings (SSSR count). The maximum absolute atomic E-state index is 12.3. The zero-order chi connectivity index (χ0) is 24.4. The Balaban J connectivity index is 1.18. The summed E-state index contributed by atoms with van der Waals surface area (Å²) in [7, 11) is 0. The predicted molar refractivity (Wildman–Crippen MR) is 134 cm³/mol. The second kappa shape index (κ2) is 9.30. The van der Waals surface area contributed by atoms with Crippen LogP contribution in [0.25, 0.3) is 28.1 Å². The largest absolute Gasteiger partial charge is 0.477 e. The molecule has 0 spiro atoms. The summed E-state index contributed by atoms with van der Waals surface area (Å²) in [6.45, 7) is 0.517. The highest BCUT2D eigenvalue weighted by atomic mass is 16.5. The average molecular weight is 466 g/mol. The molecule has 0 radical (unpaired) electrons. The number of carboxylic acid groups (broad SMARTS) is 1. The lowest BCUT2D eigenvalue weighted by molar-refractivity contribution is 0.0695. The van der Waals surface area contributed by atoms with Crippen LogP contribution in [0.5, 0.6) is 0 Å². The Labute approximate surface area is 200 Å². The molecule has 0 saturated heterocycles. The number of hydrogen-bond acceptors (Lipinski definition) is 4. The van der Waals surface area contributed by atoms with Gasteiger partial charge in [0, 0.05) is 29.6 Å². The van der Waals surface area contributed by atoms with Gasteiger partial charge < -0.3 is 20.1 Å². The van der Waals surface area contributed by atoms with Crippen LogP contribution in [-0.4, -0.2) is 35.3 Å². The van der Waals surface area contributed by atoms with Crippen LogP contribution in [0, 0.1) is 0 Å². The molecule has 0 fully saturated rings. The fourth-order valence-electron chi connectivity index (χ4n) is 4.49. The first-order valence-electron chi connectivity index (χ1n) is 11.2. The van der Waals surface area contributed by atoms with Crippen LogP contribution in [0.1, 0.15) is 33.0 Å². The molecule has 1 aliphatic rings. The number of benzene rings is 3. The topological polar surface area (TPSA) is 108 Å². The van der Waals surface area contributed by atoms with E-state index in [0.717, 1.165) is 16.7 Å². The van der Waals surface area contributed by atoms with Crippen LogP contribution in [-0.2, 0) is 4.74 Å². The molecule has 1 heterocycles. The van der Waals surface area contributed by atoms with E-state index in [4.69, 9.17) is 9.84 Å². The number of aromatic nitrogens is 1. The van der Waals surface area contributed by atoms with Crippen molar-refractivity contribution in [2.24, 2.45) is 0 Å². The molecule has 7 nitrogen and oxygen atoms in total. The van der Waals surface area contributed by atoms with E-state index in [-0.39, 0.29) is 24.6 Å². The van der Waals surface area contributed by atoms with Crippen molar-refractivity contribution in [1.82, 2.24) is 10.3 Å². The van der Waals surface area contributed by atoms with Crippen LogP contribution in [0.2, 0.25) is 0 Å². The van der Waals surface area contributed by atoms with Gasteiger partial charge in [0.2, 0.25) is 5.43 Å². The Kier molecular flexibility index (Phi) is 5.89. The van der Waals surface area contributed by atoms with Crippen LogP contribution in [0.3, 0.4) is 0 Å². The first-order chi connectivity index (χ1) is 17.0. The van der Waals surface area contributed by atoms with Gasteiger partial charge in [-0.05, 0) is 39.9 Å². The molecular formula is C28H22N2O5. The van der Waals surface area contributed by atoms with Crippen molar-refractivity contribution in [3.05, 3.63) is 111 Å². The smallest absolute Gasteiger partial charge is 0.407 e. The minimum absolute atomic E-state index is 0.00471. The van der Waals surface area contributed by atoms with Crippen molar-refractivity contribution in [2.75, 3.05) is 13.2 Å². The number of rotatable bonds is 6. The van der Waals surface area contributed by atoms with E-state index in [1.807, 2.05) is 24.3 Å². The fourth-order valence-corrected chi connectivity index (χ4v) is 4.49. The number of H-pyrrole nitrogens is 1. The zero-order valence-corrected chi connectivity index (χ0v) is 18.7. The second-order valence-electron chi connectivity index (χ2n) is 8.25. The van der Waals surface area contributed by atoms with Gasteiger partial charge in [-0.3, -0.25) is 4.79 Å². The van der Waals surface area contributed by atoms with Gasteiger partial charge in [-0.1, -0.05) is 66.7 Å². The van der Waals surface area contributed by atoms with Crippen molar-refractivity contribution in [1.29, 1.82) is 0 Å². The standard InChI is InChI=1S/C28H22N2O5/c31-26-22-12-11-17(14-25(22)30-15-23(26)27(32)33)6-5-13-29-28(34)35-16-24-20-9-3-1-7-18(20)19-8-2-4-10-21(19)24/h1-12,14-15,24H,13,16H2,(H,29,34)(H,30,31)(H,32,33). The van der Waals surface area contributed by atoms with Crippen LogP contribution >= 0.6 is 0 Å². The number of amides is 1. The summed E-state index contributed by atoms with van der Waals surface area (Å²) in [6.07, 6.45) is 4.26. The van der Waals surface area contributed by atoms with Gasteiger partial charge in [-0.2, -0.15) is 0 Å². The minimum atomic E-state index is -1.27. The third-order valence-corrected chi connectivity index (χ3v) is 6.15. The summed E-state index contributed by atoms with van der Waals surface area (Å²) in [5.74, 6) is -1.26. The molecule has 1 aromatic heterocycles. The number of ether oxygens (including phenoxy) is 1. The highest BCUT2D eigenvalue weighted by molar-refractivity contribution is 5.92. The number of fused-ring (bicyclic) bond motifs is 4. The Morgan fingerprint density at radius 1 is 1.00 bits per heavy atom. The summed E-state index contributed by atoms with van der Waals surface area (Å²) in [5, 5.41) is 12.1. The number of alkyl carbamates (subject to hydrolysis) is 1. The predicted octanol–water partition coefficient (Wildman–Crippen LogP) is 4.78. The number of nitrogens with one attached hydrogen (secondary N) is 2. The molecule has 35 heavy (non-hydrogen) atoms. The Hall–Kier alpha value is -4.65. The van der Waals surface area contributed by atoms with Gasteiger partial charge in [0.15, 0.2) is 0 Å². The van der Waals surface area contributed by atoms with Gasteiger partial charge in [0.25, 0.3) is 0 Å². The Bertz CT molecular complexity index is 1490. The fraction of sp³-hybridized carbons (Fsp3) is 0.107. The number of carbonyl (C=O) groups excluding carboxylic acids is 1. The molecule has 3 N–H and O–H groups in total. The van der Waals surface area contributed by atoms with E-state index < -0.39 is 17.5 Å². The number of carboxylic acids is 1. The van der Waals surface area contributed by atoms with E-state index in [9.17, 15) is 14.4 Å². The third kappa shape index (κ3) is 4.31. The van der Waals surface area contributed by atoms with Gasteiger partial charge >= 0.3 is 12.1 Å². The summed E-state index contributed by atoms with van der Waals surface area (Å²) in [4.78, 5) is 38.5. The number of aromatic carboxylic acids is 1. The quantitative estimate of drug-likeness (QED) is 0.379. The summed E-state index contributed by atoms with van der Waals surface area (Å²) < 4.78 is 5.52. The number of hydrogen-bond donors (Lipinski definition) is 3. The number of carbonyl (C=O) groups is 2. The monoisotopic (exact) mass is 466 g/mol. The van der Waals surface area contributed by atoms with Crippen molar-refractivity contribution in [2.45, 2.75) is 5.92 Å². The molecule has 3 aromatic carbocycles. The maximum atomic E-state index is 12.3. The second-order valence-corrected chi connectivity index (χ2v) is 8.25. The zero-order valence-electron chi connectivity index (χ0n) is 18.7. The highest BCUT2D eigenvalue weighted by Crippen LogP contribution is 2.44. The average Bonchev–Trinajstić information content (AvgIpc) is 3.19. The van der Waals surface area contributed by atoms with Gasteiger partial charge in [-0.25, -0.2) is 9.59 Å². The van der Waals surface area contributed by atoms with Gasteiger partial charge in [0.05, 0.1) is 0 Å². The first-order valence-corrected chi connectivity index (χ1v) is 11.2. The molecule has 7 heteroatoms. The van der Waals surface area contributed by atoms with Gasteiger partial charge in [0.1, 0.15) is 12.2 Å². The molecule has 1 aliphatic carbocycles. The van der Waals surface area contributed by atoms with Gasteiger partial charge in [-0.15, -0.1) is 0 Å². The lowest BCUT2D eigenvalue weighted by Gasteiger charge is -2.14. The summed E-state index contributed by atoms with van der Waals surface area (Å²) in [5.41, 5.74) is 5.17. The molecule has 0 saturated carbocycles. The van der Waals surface area contributed by atoms with E-state index >= 15 is 0 Å². The Morgan fingerprint density at radius 2 is 1.69 bits per heavy atom. The molecule has 0 unspecified atom stereocenters. The van der Waals surface area contributed by atoms with Crippen molar-refractivity contribution < 1.29 is 19.4 Å². The summed E-state index contributed by atoms with van der Waals surface area (Å²) >= 11 is 0. The lowest BCUT2D eigenvalue weighted by atomic mass is 9.98. The van der Waals surface area contributed by atoms with E-state index in [1.165, 1.54) is 17.3 Å². The first kappa shape index (κ1) is 22.2. The van der Waals surface area contributed by atoms with Crippen molar-refractivity contribution in [3.8, 4) is 11.1 Å². The number of aromatic amines is 1. The van der Waals surface area contributed by atoms with E-state index in [2.05, 4.69) is 34.6 Å². The SMILES string of the molecule is O=C(NCC=Cc1ccc2c(=O)c(C(=O)O)c[nH]c2c1)OCC1c2ccccc2-c2ccccc21. The van der Waals surface area contributed by atoms with E-state index in [1.54, 1.807) is 30.4 Å². The summed E-state index contributed by atoms with van der Waals surface area (Å²) in [6, 6.07) is 21.4. The molecule has 0 atom stereocenters. The molecule has 174 valence electrons. The lowest BCUT2D eigenvalue weighted by Crippen LogP contribution is -2.26. The third-order valence-electron chi connectivity index (χ3n) is 6.15. The minimum Gasteiger partial charge on any atom is -0.477 e. The molecule has 0 aliphatic heterocycles. The van der Waals surface area contributed by atoms with Crippen LogP contribution in [0.4, 0.5) is 4.79 Å². The molecule has 0 bridgehead atoms. The highest BCUT2D eigenvalue weighted by Gasteiger charge is 2.28. The van der Waals surface area contributed by atoms with E-state index in [0.29, 0.717) is 10.9 Å². The maximum Gasteiger partial charge on any atom is 0.407 e. The number of pyridine rings is 1. The molecule has 4 aromatic rings. The Morgan fingerprint density at radius 3 is 2.37 bits per heavy atom. The van der Waals surface area contributed by atoms with Crippen molar-refractivity contribution >= 4 is 29.0 Å². The normalized spacial score (nSPS) is 12.5. The molecular weight excluding hydrogens is 444 g/mol. The van der Waals surface area contributed by atoms with Crippen LogP contribution < -0.4 is 10.7 Å². The van der Waals surface area contributed by atoms with Crippen molar-refractivity contribution in [3.63, 3.8) is 0 Å². The van der Waals surface area contributed by atoms with Crippen LogP contribution in [0.15, 0.2) is 83.8 Å².